The van der Waals surface area contributed by atoms with Gasteiger partial charge in [0, 0.05) is 29.9 Å². The molecule has 1 fully saturated rings. The van der Waals surface area contributed by atoms with Gasteiger partial charge in [-0.3, -0.25) is 14.5 Å². The van der Waals surface area contributed by atoms with Gasteiger partial charge in [0.25, 0.3) is 5.91 Å². The van der Waals surface area contributed by atoms with Crippen molar-refractivity contribution in [3.05, 3.63) is 77.0 Å². The van der Waals surface area contributed by atoms with Crippen LogP contribution >= 0.6 is 0 Å². The Bertz CT molecular complexity index is 1170. The average molecular weight is 415 g/mol. The largest absolute Gasteiger partial charge is 0.347 e. The summed E-state index contributed by atoms with van der Waals surface area (Å²) < 4.78 is 0. The molecule has 0 saturated carbocycles. The van der Waals surface area contributed by atoms with Gasteiger partial charge in [0.15, 0.2) is 5.78 Å². The van der Waals surface area contributed by atoms with Gasteiger partial charge in [-0.1, -0.05) is 56.3 Å². The van der Waals surface area contributed by atoms with Gasteiger partial charge in [0.1, 0.15) is 5.54 Å². The standard InChI is InChI=1S/C25H25N3O3/c1-24(2)19-10-6-7-11-20(19)27(3)21(24)14-17(29)15-28-22(30)25(26-23(28)31)13-12-16-8-4-5-9-18(16)25/h4-11,14H,12-13,15H2,1-3H3,(H,26,31)/b21-14-/t25-/m1/s1. The van der Waals surface area contributed by atoms with E-state index in [1.807, 2.05) is 54.4 Å². The summed E-state index contributed by atoms with van der Waals surface area (Å²) in [5.41, 5.74) is 3.58. The second-order valence-electron chi connectivity index (χ2n) is 9.08. The summed E-state index contributed by atoms with van der Waals surface area (Å²) in [5.74, 6) is -0.605. The Kier molecular flexibility index (Phi) is 4.13. The molecule has 2 heterocycles. The Labute approximate surface area is 181 Å². The molecule has 2 aromatic carbocycles. The molecule has 1 aliphatic carbocycles. The Morgan fingerprint density at radius 2 is 1.74 bits per heavy atom. The van der Waals surface area contributed by atoms with Crippen LogP contribution in [-0.2, 0) is 27.0 Å². The Morgan fingerprint density at radius 3 is 2.48 bits per heavy atom. The summed E-state index contributed by atoms with van der Waals surface area (Å²) in [5, 5.41) is 2.88. The molecule has 158 valence electrons. The van der Waals surface area contributed by atoms with Crippen molar-refractivity contribution >= 4 is 23.4 Å². The summed E-state index contributed by atoms with van der Waals surface area (Å²) in [6.45, 7) is 3.89. The van der Waals surface area contributed by atoms with Gasteiger partial charge in [-0.15, -0.1) is 0 Å². The van der Waals surface area contributed by atoms with Gasteiger partial charge in [-0.25, -0.2) is 4.79 Å². The molecular weight excluding hydrogens is 390 g/mol. The number of fused-ring (bicyclic) bond motifs is 3. The van der Waals surface area contributed by atoms with Crippen molar-refractivity contribution in [1.29, 1.82) is 0 Å². The maximum absolute atomic E-state index is 13.3. The number of anilines is 1. The lowest BCUT2D eigenvalue weighted by atomic mass is 9.83. The Balaban J connectivity index is 1.41. The number of urea groups is 1. The van der Waals surface area contributed by atoms with Gasteiger partial charge < -0.3 is 10.2 Å². The summed E-state index contributed by atoms with van der Waals surface area (Å²) >= 11 is 0. The Morgan fingerprint density at radius 1 is 1.06 bits per heavy atom. The number of benzene rings is 2. The Hall–Kier alpha value is -3.41. The predicted molar refractivity (Wildman–Crippen MR) is 118 cm³/mol. The van der Waals surface area contributed by atoms with E-state index in [2.05, 4.69) is 25.2 Å². The van der Waals surface area contributed by atoms with E-state index in [9.17, 15) is 14.4 Å². The van der Waals surface area contributed by atoms with E-state index in [4.69, 9.17) is 0 Å². The van der Waals surface area contributed by atoms with E-state index in [0.717, 1.165) is 39.4 Å². The number of hydrogen-bond donors (Lipinski definition) is 1. The average Bonchev–Trinajstić information content (AvgIpc) is 3.30. The molecule has 0 radical (unpaired) electrons. The van der Waals surface area contributed by atoms with Crippen molar-refractivity contribution < 1.29 is 14.4 Å². The van der Waals surface area contributed by atoms with Gasteiger partial charge in [-0.2, -0.15) is 0 Å². The fourth-order valence-electron chi connectivity index (χ4n) is 5.35. The lowest BCUT2D eigenvalue weighted by molar-refractivity contribution is -0.133. The minimum atomic E-state index is -1.04. The van der Waals surface area contributed by atoms with E-state index in [-0.39, 0.29) is 23.7 Å². The number of nitrogens with zero attached hydrogens (tertiary/aromatic N) is 2. The number of para-hydroxylation sites is 1. The third-order valence-corrected chi connectivity index (χ3v) is 6.97. The van der Waals surface area contributed by atoms with Gasteiger partial charge in [0.05, 0.1) is 6.54 Å². The van der Waals surface area contributed by atoms with Crippen molar-refractivity contribution in [1.82, 2.24) is 10.2 Å². The molecule has 1 N–H and O–H groups in total. The topological polar surface area (TPSA) is 69.7 Å². The number of carbonyl (C=O) groups excluding carboxylic acids is 3. The van der Waals surface area contributed by atoms with Crippen LogP contribution in [0.4, 0.5) is 10.5 Å². The van der Waals surface area contributed by atoms with E-state index < -0.39 is 11.6 Å². The highest BCUT2D eigenvalue weighted by Crippen LogP contribution is 2.46. The van der Waals surface area contributed by atoms with Crippen LogP contribution in [0.15, 0.2) is 60.3 Å². The van der Waals surface area contributed by atoms with Crippen LogP contribution in [0.2, 0.25) is 0 Å². The first-order valence-electron chi connectivity index (χ1n) is 10.6. The third kappa shape index (κ3) is 2.67. The molecule has 5 rings (SSSR count). The second-order valence-corrected chi connectivity index (χ2v) is 9.08. The van der Waals surface area contributed by atoms with Crippen LogP contribution in [0, 0.1) is 0 Å². The van der Waals surface area contributed by atoms with Crippen molar-refractivity contribution in [2.75, 3.05) is 18.5 Å². The molecule has 1 saturated heterocycles. The fourth-order valence-corrected chi connectivity index (χ4v) is 5.35. The molecule has 2 aliphatic heterocycles. The van der Waals surface area contributed by atoms with Crippen LogP contribution < -0.4 is 10.2 Å². The van der Waals surface area contributed by atoms with E-state index in [0.29, 0.717) is 6.42 Å². The van der Waals surface area contributed by atoms with E-state index >= 15 is 0 Å². The lowest BCUT2D eigenvalue weighted by Crippen LogP contribution is -2.42. The van der Waals surface area contributed by atoms with Crippen LogP contribution in [0.1, 0.15) is 37.0 Å². The van der Waals surface area contributed by atoms with Crippen LogP contribution in [-0.4, -0.2) is 36.2 Å². The number of imide groups is 1. The first-order valence-corrected chi connectivity index (χ1v) is 10.6. The normalized spacial score (nSPS) is 24.7. The number of aryl methyl sites for hydroxylation is 1. The number of likely N-dealkylation sites (N-methyl/N-ethyl adjacent to an activating group) is 1. The number of hydrogen-bond acceptors (Lipinski definition) is 4. The monoisotopic (exact) mass is 415 g/mol. The molecule has 6 heteroatoms. The smallest absolute Gasteiger partial charge is 0.325 e. The van der Waals surface area contributed by atoms with Gasteiger partial charge in [0.2, 0.25) is 0 Å². The van der Waals surface area contributed by atoms with Crippen LogP contribution in [0.3, 0.4) is 0 Å². The molecule has 3 amide bonds. The third-order valence-electron chi connectivity index (χ3n) is 6.97. The zero-order chi connectivity index (χ0) is 22.0. The summed E-state index contributed by atoms with van der Waals surface area (Å²) in [7, 11) is 1.94. The number of allylic oxidation sites excluding steroid dienone is 1. The molecule has 0 aromatic heterocycles. The molecule has 6 nitrogen and oxygen atoms in total. The maximum Gasteiger partial charge on any atom is 0.325 e. The lowest BCUT2D eigenvalue weighted by Gasteiger charge is -2.24. The minimum Gasteiger partial charge on any atom is -0.347 e. The summed E-state index contributed by atoms with van der Waals surface area (Å²) in [6.07, 6.45) is 2.83. The van der Waals surface area contributed by atoms with Crippen LogP contribution in [0.5, 0.6) is 0 Å². The summed E-state index contributed by atoms with van der Waals surface area (Å²) in [6, 6.07) is 15.2. The minimum absolute atomic E-state index is 0.266. The summed E-state index contributed by atoms with van der Waals surface area (Å²) in [4.78, 5) is 42.1. The zero-order valence-electron chi connectivity index (χ0n) is 17.9. The number of rotatable bonds is 3. The van der Waals surface area contributed by atoms with Gasteiger partial charge in [-0.05, 0) is 35.6 Å². The highest BCUT2D eigenvalue weighted by molar-refractivity contribution is 6.11. The number of ketones is 1. The molecule has 3 aliphatic rings. The van der Waals surface area contributed by atoms with Crippen molar-refractivity contribution in [3.63, 3.8) is 0 Å². The molecular formula is C25H25N3O3. The molecule has 0 bridgehead atoms. The number of nitrogens with one attached hydrogen (secondary N) is 1. The highest BCUT2D eigenvalue weighted by Gasteiger charge is 2.55. The fraction of sp³-hybridized carbons (Fsp3) is 0.320. The highest BCUT2D eigenvalue weighted by atomic mass is 16.2. The molecule has 0 unspecified atom stereocenters. The maximum atomic E-state index is 13.3. The van der Waals surface area contributed by atoms with Crippen LogP contribution in [0.25, 0.3) is 0 Å². The number of carbonyl (C=O) groups is 3. The first kappa shape index (κ1) is 19.5. The van der Waals surface area contributed by atoms with Crippen molar-refractivity contribution in [2.24, 2.45) is 0 Å². The quantitative estimate of drug-likeness (QED) is 0.617. The predicted octanol–water partition coefficient (Wildman–Crippen LogP) is 3.26. The molecule has 1 atom stereocenters. The SMILES string of the molecule is CN1/C(=C\C(=O)CN2C(=O)N[C@@]3(CCc4ccccc43)C2=O)C(C)(C)c2ccccc21. The van der Waals surface area contributed by atoms with E-state index in [1.165, 1.54) is 0 Å². The van der Waals surface area contributed by atoms with Gasteiger partial charge >= 0.3 is 6.03 Å². The zero-order valence-corrected chi connectivity index (χ0v) is 17.9. The molecule has 2 aromatic rings. The molecule has 31 heavy (non-hydrogen) atoms. The molecule has 1 spiro atoms. The second kappa shape index (κ2) is 6.54. The number of amides is 3. The van der Waals surface area contributed by atoms with Crippen molar-refractivity contribution in [2.45, 2.75) is 37.6 Å². The van der Waals surface area contributed by atoms with E-state index in [1.54, 1.807) is 6.08 Å². The first-order chi connectivity index (χ1) is 14.8. The van der Waals surface area contributed by atoms with Crippen molar-refractivity contribution in [3.8, 4) is 0 Å².